The Balaban J connectivity index is 3.63. The molecule has 3 N–H and O–H groups in total. The minimum atomic E-state index is -0.798. The number of unbranched alkanes of at least 4 members (excludes halogenated alkanes) is 1. The van der Waals surface area contributed by atoms with Gasteiger partial charge < -0.3 is 10.8 Å². The number of carbonyl (C=O) groups is 1. The molecular weight excluding hydrogens is 142 g/mol. The summed E-state index contributed by atoms with van der Waals surface area (Å²) >= 11 is 0. The summed E-state index contributed by atoms with van der Waals surface area (Å²) in [5.41, 5.74) is 5.62. The average Bonchev–Trinajstić information content (AvgIpc) is 1.98. The number of carboxylic acid groups (broad SMARTS) is 1. The first-order chi connectivity index (χ1) is 5.09. The molecule has 0 aromatic rings. The lowest BCUT2D eigenvalue weighted by molar-refractivity contribution is -0.141. The summed E-state index contributed by atoms with van der Waals surface area (Å²) in [4.78, 5) is 10.4. The first-order valence-corrected chi connectivity index (χ1v) is 4.08. The molecule has 0 heterocycles. The highest BCUT2D eigenvalue weighted by Gasteiger charge is 2.18. The molecule has 1 unspecified atom stereocenters. The summed E-state index contributed by atoms with van der Waals surface area (Å²) in [7, 11) is 0. The molecule has 66 valence electrons. The van der Waals surface area contributed by atoms with Gasteiger partial charge in [0.05, 0.1) is 5.92 Å². The predicted octanol–water partition coefficient (Wildman–Crippen LogP) is 1.22. The van der Waals surface area contributed by atoms with Crippen LogP contribution in [0.2, 0.25) is 0 Å². The van der Waals surface area contributed by atoms with Gasteiger partial charge in [-0.15, -0.1) is 0 Å². The van der Waals surface area contributed by atoms with Gasteiger partial charge in [-0.1, -0.05) is 26.7 Å². The van der Waals surface area contributed by atoms with Crippen LogP contribution in [0.4, 0.5) is 0 Å². The fourth-order valence-corrected chi connectivity index (χ4v) is 0.873. The molecule has 0 rings (SSSR count). The Morgan fingerprint density at radius 1 is 1.64 bits per heavy atom. The maximum absolute atomic E-state index is 10.4. The van der Waals surface area contributed by atoms with Crippen LogP contribution in [0.3, 0.4) is 0 Å². The molecule has 0 amide bonds. The fourth-order valence-electron chi connectivity index (χ4n) is 0.873. The molecule has 0 aromatic heterocycles. The zero-order chi connectivity index (χ0) is 8.85. The van der Waals surface area contributed by atoms with E-state index in [0.29, 0.717) is 0 Å². The second kappa shape index (κ2) is 5.13. The van der Waals surface area contributed by atoms with Crippen LogP contribution in [0.15, 0.2) is 0 Å². The van der Waals surface area contributed by atoms with Crippen molar-refractivity contribution in [2.24, 2.45) is 11.7 Å². The van der Waals surface area contributed by atoms with Crippen LogP contribution < -0.4 is 5.73 Å². The van der Waals surface area contributed by atoms with Crippen LogP contribution in [-0.2, 0) is 4.79 Å². The van der Waals surface area contributed by atoms with E-state index in [4.69, 9.17) is 10.8 Å². The Morgan fingerprint density at radius 2 is 2.18 bits per heavy atom. The number of rotatable bonds is 5. The standard InChI is InChI=1S/C8H17NO2/c1-3-4-5-7(9)6(2)8(10)11/h6-7H,3-5,9H2,1-2H3,(H,10,11)/t6?,7-/m0/s1. The van der Waals surface area contributed by atoms with E-state index in [2.05, 4.69) is 6.92 Å². The monoisotopic (exact) mass is 159 g/mol. The van der Waals surface area contributed by atoms with Crippen molar-refractivity contribution in [2.75, 3.05) is 0 Å². The molecule has 11 heavy (non-hydrogen) atoms. The summed E-state index contributed by atoms with van der Waals surface area (Å²) in [5, 5.41) is 8.57. The van der Waals surface area contributed by atoms with Crippen molar-refractivity contribution in [2.45, 2.75) is 39.2 Å². The van der Waals surface area contributed by atoms with Crippen molar-refractivity contribution in [3.63, 3.8) is 0 Å². The lowest BCUT2D eigenvalue weighted by Crippen LogP contribution is -2.33. The molecule has 3 heteroatoms. The van der Waals surface area contributed by atoms with E-state index in [1.54, 1.807) is 6.92 Å². The van der Waals surface area contributed by atoms with Crippen molar-refractivity contribution in [1.29, 1.82) is 0 Å². The van der Waals surface area contributed by atoms with Gasteiger partial charge >= 0.3 is 5.97 Å². The molecule has 0 aliphatic carbocycles. The predicted molar refractivity (Wildman–Crippen MR) is 44.3 cm³/mol. The summed E-state index contributed by atoms with van der Waals surface area (Å²) in [6.45, 7) is 3.72. The first-order valence-electron chi connectivity index (χ1n) is 4.08. The molecule has 2 atom stereocenters. The minimum Gasteiger partial charge on any atom is -0.481 e. The quantitative estimate of drug-likeness (QED) is 0.634. The highest BCUT2D eigenvalue weighted by Crippen LogP contribution is 2.07. The number of hydrogen-bond donors (Lipinski definition) is 2. The van der Waals surface area contributed by atoms with Crippen LogP contribution in [0, 0.1) is 5.92 Å². The molecule has 0 bridgehead atoms. The van der Waals surface area contributed by atoms with Crippen LogP contribution in [0.5, 0.6) is 0 Å². The third-order valence-electron chi connectivity index (χ3n) is 1.92. The Kier molecular flexibility index (Phi) is 4.86. The van der Waals surface area contributed by atoms with Crippen molar-refractivity contribution in [3.05, 3.63) is 0 Å². The van der Waals surface area contributed by atoms with E-state index in [-0.39, 0.29) is 6.04 Å². The van der Waals surface area contributed by atoms with Crippen molar-refractivity contribution >= 4 is 5.97 Å². The van der Waals surface area contributed by atoms with Gasteiger partial charge in [-0.25, -0.2) is 0 Å². The summed E-state index contributed by atoms with van der Waals surface area (Å²) in [6, 6.07) is -0.188. The van der Waals surface area contributed by atoms with Gasteiger partial charge in [0.1, 0.15) is 0 Å². The highest BCUT2D eigenvalue weighted by molar-refractivity contribution is 5.70. The molecule has 0 aliphatic rings. The summed E-state index contributed by atoms with van der Waals surface area (Å²) in [6.07, 6.45) is 2.89. The third-order valence-corrected chi connectivity index (χ3v) is 1.92. The zero-order valence-corrected chi connectivity index (χ0v) is 7.21. The van der Waals surface area contributed by atoms with E-state index >= 15 is 0 Å². The van der Waals surface area contributed by atoms with Crippen LogP contribution in [-0.4, -0.2) is 17.1 Å². The largest absolute Gasteiger partial charge is 0.481 e. The van der Waals surface area contributed by atoms with Crippen LogP contribution in [0.25, 0.3) is 0 Å². The van der Waals surface area contributed by atoms with Crippen molar-refractivity contribution < 1.29 is 9.90 Å². The number of hydrogen-bond acceptors (Lipinski definition) is 2. The molecule has 0 aliphatic heterocycles. The maximum atomic E-state index is 10.4. The number of nitrogens with two attached hydrogens (primary N) is 1. The Labute approximate surface area is 67.6 Å². The molecular formula is C8H17NO2. The Morgan fingerprint density at radius 3 is 2.55 bits per heavy atom. The molecule has 0 aromatic carbocycles. The van der Waals surface area contributed by atoms with Gasteiger partial charge in [0.25, 0.3) is 0 Å². The Bertz CT molecular complexity index is 125. The minimum absolute atomic E-state index is 0.188. The first kappa shape index (κ1) is 10.4. The van der Waals surface area contributed by atoms with Gasteiger partial charge in [-0.05, 0) is 6.42 Å². The lowest BCUT2D eigenvalue weighted by atomic mass is 9.98. The molecule has 3 nitrogen and oxygen atoms in total. The van der Waals surface area contributed by atoms with Gasteiger partial charge in [-0.3, -0.25) is 4.79 Å². The summed E-state index contributed by atoms with van der Waals surface area (Å²) < 4.78 is 0. The molecule has 0 radical (unpaired) electrons. The number of aliphatic carboxylic acids is 1. The molecule has 0 saturated carbocycles. The van der Waals surface area contributed by atoms with E-state index in [9.17, 15) is 4.79 Å². The molecule has 0 spiro atoms. The SMILES string of the molecule is CCCC[C@H](N)C(C)C(=O)O. The highest BCUT2D eigenvalue weighted by atomic mass is 16.4. The zero-order valence-electron chi connectivity index (χ0n) is 7.21. The fraction of sp³-hybridized carbons (Fsp3) is 0.875. The topological polar surface area (TPSA) is 63.3 Å². The van der Waals surface area contributed by atoms with Gasteiger partial charge in [-0.2, -0.15) is 0 Å². The van der Waals surface area contributed by atoms with E-state index in [0.717, 1.165) is 19.3 Å². The second-order valence-electron chi connectivity index (χ2n) is 2.93. The van der Waals surface area contributed by atoms with E-state index in [1.165, 1.54) is 0 Å². The lowest BCUT2D eigenvalue weighted by Gasteiger charge is -2.14. The Hall–Kier alpha value is -0.570. The normalized spacial score (nSPS) is 15.9. The average molecular weight is 159 g/mol. The van der Waals surface area contributed by atoms with Crippen molar-refractivity contribution in [3.8, 4) is 0 Å². The van der Waals surface area contributed by atoms with Crippen molar-refractivity contribution in [1.82, 2.24) is 0 Å². The molecule has 0 fully saturated rings. The number of carboxylic acids is 1. The molecule has 0 saturated heterocycles. The second-order valence-corrected chi connectivity index (χ2v) is 2.93. The van der Waals surface area contributed by atoms with E-state index < -0.39 is 11.9 Å². The van der Waals surface area contributed by atoms with Crippen LogP contribution in [0.1, 0.15) is 33.1 Å². The van der Waals surface area contributed by atoms with Crippen LogP contribution >= 0.6 is 0 Å². The van der Waals surface area contributed by atoms with Gasteiger partial charge in [0.2, 0.25) is 0 Å². The maximum Gasteiger partial charge on any atom is 0.307 e. The third kappa shape index (κ3) is 3.98. The van der Waals surface area contributed by atoms with E-state index in [1.807, 2.05) is 0 Å². The van der Waals surface area contributed by atoms with Gasteiger partial charge in [0, 0.05) is 6.04 Å². The van der Waals surface area contributed by atoms with Gasteiger partial charge in [0.15, 0.2) is 0 Å². The summed E-state index contributed by atoms with van der Waals surface area (Å²) in [5.74, 6) is -1.21. The smallest absolute Gasteiger partial charge is 0.307 e.